The van der Waals surface area contributed by atoms with Crippen LogP contribution in [0.15, 0.2) is 24.4 Å². The normalized spacial score (nSPS) is 17.0. The summed E-state index contributed by atoms with van der Waals surface area (Å²) < 4.78 is 0. The van der Waals surface area contributed by atoms with Gasteiger partial charge in [-0.2, -0.15) is 0 Å². The van der Waals surface area contributed by atoms with E-state index in [0.717, 1.165) is 12.8 Å². The van der Waals surface area contributed by atoms with E-state index in [-0.39, 0.29) is 41.6 Å². The highest BCUT2D eigenvalue weighted by molar-refractivity contribution is 5.85. The van der Waals surface area contributed by atoms with E-state index in [1.54, 1.807) is 31.3 Å². The quantitative estimate of drug-likeness (QED) is 0.562. The van der Waals surface area contributed by atoms with Gasteiger partial charge in [0.1, 0.15) is 11.4 Å². The van der Waals surface area contributed by atoms with Crippen molar-refractivity contribution in [2.75, 3.05) is 11.9 Å². The number of anilines is 1. The van der Waals surface area contributed by atoms with Crippen molar-refractivity contribution >= 4 is 30.8 Å². The SMILES string of the molecule is Cc1nnn(-c2ccc(-c3cnc(N(C)C4CC(C)(C)NC(C)(C)C4)nn3)c(O)c2)n1.Cl.Cl. The third-order valence-corrected chi connectivity index (χ3v) is 5.58. The second kappa shape index (κ2) is 9.74. The molecule has 0 unspecified atom stereocenters. The van der Waals surface area contributed by atoms with Crippen molar-refractivity contribution in [3.63, 3.8) is 0 Å². The van der Waals surface area contributed by atoms with Gasteiger partial charge < -0.3 is 15.3 Å². The zero-order valence-electron chi connectivity index (χ0n) is 19.6. The number of aryl methyl sites for hydroxylation is 1. The van der Waals surface area contributed by atoms with Crippen LogP contribution in [0.5, 0.6) is 5.75 Å². The number of halogens is 2. The predicted molar refractivity (Wildman–Crippen MR) is 132 cm³/mol. The number of aromatic nitrogens is 7. The van der Waals surface area contributed by atoms with Gasteiger partial charge in [0.25, 0.3) is 0 Å². The smallest absolute Gasteiger partial charge is 0.245 e. The molecule has 2 N–H and O–H groups in total. The van der Waals surface area contributed by atoms with E-state index in [1.807, 2.05) is 7.05 Å². The van der Waals surface area contributed by atoms with Crippen molar-refractivity contribution in [3.05, 3.63) is 30.2 Å². The number of piperidine rings is 1. The second-order valence-electron chi connectivity index (χ2n) is 9.54. The molecule has 1 aliphatic rings. The summed E-state index contributed by atoms with van der Waals surface area (Å²) in [6.45, 7) is 10.6. The fourth-order valence-corrected chi connectivity index (χ4v) is 4.51. The number of nitrogens with one attached hydrogen (secondary N) is 1. The Morgan fingerprint density at radius 3 is 2.24 bits per heavy atom. The molecule has 0 atom stereocenters. The topological polar surface area (TPSA) is 118 Å². The molecule has 0 bridgehead atoms. The molecule has 33 heavy (non-hydrogen) atoms. The van der Waals surface area contributed by atoms with Gasteiger partial charge in [0.05, 0.1) is 11.9 Å². The minimum atomic E-state index is 0. The predicted octanol–water partition coefficient (Wildman–Crippen LogP) is 3.12. The Balaban J connectivity index is 0.00000193. The lowest BCUT2D eigenvalue weighted by atomic mass is 9.79. The first kappa shape index (κ1) is 26.7. The number of hydrogen-bond donors (Lipinski definition) is 2. The molecule has 3 aromatic rings. The highest BCUT2D eigenvalue weighted by Gasteiger charge is 2.39. The molecular weight excluding hydrogens is 465 g/mol. The number of benzene rings is 1. The molecule has 1 fully saturated rings. The maximum atomic E-state index is 10.5. The summed E-state index contributed by atoms with van der Waals surface area (Å²) in [6.07, 6.45) is 3.61. The molecular formula is C21H31Cl2N9O. The Kier molecular flexibility index (Phi) is 7.88. The average molecular weight is 496 g/mol. The Morgan fingerprint density at radius 2 is 1.73 bits per heavy atom. The van der Waals surface area contributed by atoms with Gasteiger partial charge >= 0.3 is 0 Å². The van der Waals surface area contributed by atoms with Crippen LogP contribution in [0, 0.1) is 6.92 Å². The van der Waals surface area contributed by atoms with Crippen molar-refractivity contribution in [1.29, 1.82) is 0 Å². The minimum absolute atomic E-state index is 0. The van der Waals surface area contributed by atoms with Gasteiger partial charge in [-0.3, -0.25) is 0 Å². The first-order valence-corrected chi connectivity index (χ1v) is 10.4. The third-order valence-electron chi connectivity index (χ3n) is 5.58. The van der Waals surface area contributed by atoms with Crippen LogP contribution in [0.25, 0.3) is 16.9 Å². The summed E-state index contributed by atoms with van der Waals surface area (Å²) >= 11 is 0. The van der Waals surface area contributed by atoms with E-state index in [0.29, 0.717) is 34.8 Å². The van der Waals surface area contributed by atoms with E-state index in [4.69, 9.17) is 0 Å². The van der Waals surface area contributed by atoms with E-state index < -0.39 is 0 Å². The van der Waals surface area contributed by atoms with Gasteiger partial charge in [0.2, 0.25) is 5.95 Å². The number of tetrazole rings is 1. The van der Waals surface area contributed by atoms with Crippen molar-refractivity contribution in [2.45, 2.75) is 64.6 Å². The monoisotopic (exact) mass is 495 g/mol. The number of aromatic hydroxyl groups is 1. The van der Waals surface area contributed by atoms with Gasteiger partial charge in [0, 0.05) is 35.8 Å². The molecule has 180 valence electrons. The van der Waals surface area contributed by atoms with E-state index in [9.17, 15) is 5.11 Å². The third kappa shape index (κ3) is 5.87. The molecule has 1 saturated heterocycles. The molecule has 4 rings (SSSR count). The average Bonchev–Trinajstić information content (AvgIpc) is 3.11. The lowest BCUT2D eigenvalue weighted by Gasteiger charge is -2.48. The number of phenols is 1. The van der Waals surface area contributed by atoms with E-state index in [1.165, 1.54) is 4.80 Å². The highest BCUT2D eigenvalue weighted by Crippen LogP contribution is 2.33. The number of rotatable bonds is 4. The zero-order valence-corrected chi connectivity index (χ0v) is 21.3. The maximum absolute atomic E-state index is 10.5. The molecule has 10 nitrogen and oxygen atoms in total. The Bertz CT molecular complexity index is 1070. The summed E-state index contributed by atoms with van der Waals surface area (Å²) in [5, 5.41) is 34.8. The zero-order chi connectivity index (χ0) is 22.4. The summed E-state index contributed by atoms with van der Waals surface area (Å²) in [4.78, 5) is 8.00. The molecule has 0 aliphatic carbocycles. The van der Waals surface area contributed by atoms with Crippen LogP contribution in [-0.4, -0.2) is 64.7 Å². The fourth-order valence-electron chi connectivity index (χ4n) is 4.51. The Hall–Kier alpha value is -2.56. The molecule has 3 heterocycles. The van der Waals surface area contributed by atoms with Gasteiger partial charge in [-0.1, -0.05) is 0 Å². The molecule has 12 heteroatoms. The van der Waals surface area contributed by atoms with Gasteiger partial charge in [-0.25, -0.2) is 4.98 Å². The molecule has 1 aromatic carbocycles. The summed E-state index contributed by atoms with van der Waals surface area (Å²) in [5.41, 5.74) is 1.70. The van der Waals surface area contributed by atoms with Crippen molar-refractivity contribution in [1.82, 2.24) is 40.7 Å². The van der Waals surface area contributed by atoms with E-state index in [2.05, 4.69) is 68.5 Å². The number of phenolic OH excluding ortho intramolecular Hbond substituents is 1. The van der Waals surface area contributed by atoms with Crippen LogP contribution in [0.2, 0.25) is 0 Å². The van der Waals surface area contributed by atoms with E-state index >= 15 is 0 Å². The standard InChI is InChI=1S/C21H29N9O.2ClH/c1-13-23-28-30(26-13)14-7-8-16(18(31)9-14)17-12-22-19(25-24-17)29(6)15-10-20(2,3)27-21(4,5)11-15;;/h7-9,12,15,27,31H,10-11H2,1-6H3;2*1H. The largest absolute Gasteiger partial charge is 0.507 e. The lowest BCUT2D eigenvalue weighted by Crippen LogP contribution is -2.62. The van der Waals surface area contributed by atoms with Crippen molar-refractivity contribution in [3.8, 4) is 22.7 Å². The van der Waals surface area contributed by atoms with Gasteiger partial charge in [-0.05, 0) is 64.8 Å². The highest BCUT2D eigenvalue weighted by atomic mass is 35.5. The Morgan fingerprint density at radius 1 is 1.06 bits per heavy atom. The van der Waals surface area contributed by atoms with Crippen LogP contribution >= 0.6 is 24.8 Å². The molecule has 0 amide bonds. The number of hydrogen-bond acceptors (Lipinski definition) is 9. The van der Waals surface area contributed by atoms with Crippen LogP contribution in [-0.2, 0) is 0 Å². The fraction of sp³-hybridized carbons (Fsp3) is 0.524. The lowest BCUT2D eigenvalue weighted by molar-refractivity contribution is 0.160. The number of nitrogens with zero attached hydrogens (tertiary/aromatic N) is 8. The molecule has 0 radical (unpaired) electrons. The summed E-state index contributed by atoms with van der Waals surface area (Å²) in [7, 11) is 2.01. The molecule has 0 saturated carbocycles. The van der Waals surface area contributed by atoms with Gasteiger partial charge in [0.15, 0.2) is 5.82 Å². The molecule has 1 aliphatic heterocycles. The van der Waals surface area contributed by atoms with Crippen LogP contribution < -0.4 is 10.2 Å². The van der Waals surface area contributed by atoms with Crippen LogP contribution in [0.3, 0.4) is 0 Å². The Labute approximate surface area is 206 Å². The van der Waals surface area contributed by atoms with Crippen molar-refractivity contribution < 1.29 is 5.11 Å². The van der Waals surface area contributed by atoms with Crippen LogP contribution in [0.1, 0.15) is 46.4 Å². The maximum Gasteiger partial charge on any atom is 0.245 e. The van der Waals surface area contributed by atoms with Crippen molar-refractivity contribution in [2.24, 2.45) is 0 Å². The summed E-state index contributed by atoms with van der Waals surface area (Å²) in [6, 6.07) is 5.40. The van der Waals surface area contributed by atoms with Crippen LogP contribution in [0.4, 0.5) is 5.95 Å². The molecule has 0 spiro atoms. The second-order valence-corrected chi connectivity index (χ2v) is 9.54. The minimum Gasteiger partial charge on any atom is -0.507 e. The first-order chi connectivity index (χ1) is 14.5. The summed E-state index contributed by atoms with van der Waals surface area (Å²) in [5.74, 6) is 1.17. The molecule has 2 aromatic heterocycles. The van der Waals surface area contributed by atoms with Gasteiger partial charge in [-0.15, -0.1) is 50.0 Å². The first-order valence-electron chi connectivity index (χ1n) is 10.4.